The molecule has 10 heteroatoms. The Morgan fingerprint density at radius 2 is 1.97 bits per heavy atom. The highest BCUT2D eigenvalue weighted by atomic mass is 32.1. The van der Waals surface area contributed by atoms with E-state index >= 15 is 0 Å². The number of aromatic nitrogens is 6. The number of rotatable bonds is 5. The van der Waals surface area contributed by atoms with Crippen LogP contribution in [0.4, 0.5) is 13.2 Å². The average molecular weight is 420 g/mol. The van der Waals surface area contributed by atoms with Crippen LogP contribution in [0.5, 0.6) is 0 Å². The van der Waals surface area contributed by atoms with E-state index in [0.29, 0.717) is 17.4 Å². The lowest BCUT2D eigenvalue weighted by Gasteiger charge is -2.09. The molecule has 0 saturated heterocycles. The number of halogens is 3. The van der Waals surface area contributed by atoms with Crippen molar-refractivity contribution in [2.24, 2.45) is 0 Å². The van der Waals surface area contributed by atoms with E-state index in [1.54, 1.807) is 17.8 Å². The predicted octanol–water partition coefficient (Wildman–Crippen LogP) is 4.96. The standard InChI is InChI=1S/C19H19F3N6S/c1-4-28-14-7-12(11(2)3)24-8-13(14)25-16(28)10-27-9-15(19(20,21)22)26-17(27)18-23-5-6-29-18/h5-9,11H,4,10H2,1-3H3. The van der Waals surface area contributed by atoms with Crippen molar-refractivity contribution in [2.45, 2.75) is 46.0 Å². The van der Waals surface area contributed by atoms with Crippen molar-refractivity contribution in [3.05, 3.63) is 47.2 Å². The van der Waals surface area contributed by atoms with Crippen LogP contribution in [0, 0.1) is 0 Å². The number of hydrogen-bond donors (Lipinski definition) is 0. The van der Waals surface area contributed by atoms with Gasteiger partial charge in [-0.05, 0) is 18.9 Å². The molecule has 4 aromatic heterocycles. The first-order chi connectivity index (χ1) is 13.8. The molecule has 0 aliphatic carbocycles. The van der Waals surface area contributed by atoms with Crippen molar-refractivity contribution < 1.29 is 13.2 Å². The van der Waals surface area contributed by atoms with Gasteiger partial charge >= 0.3 is 6.18 Å². The monoisotopic (exact) mass is 420 g/mol. The Kier molecular flexibility index (Phi) is 4.89. The Bertz CT molecular complexity index is 1140. The number of pyridine rings is 1. The molecule has 0 saturated carbocycles. The van der Waals surface area contributed by atoms with Gasteiger partial charge in [0.15, 0.2) is 16.5 Å². The highest BCUT2D eigenvalue weighted by molar-refractivity contribution is 7.13. The quantitative estimate of drug-likeness (QED) is 0.458. The third kappa shape index (κ3) is 3.64. The van der Waals surface area contributed by atoms with Crippen molar-refractivity contribution >= 4 is 22.4 Å². The molecular weight excluding hydrogens is 401 g/mol. The van der Waals surface area contributed by atoms with Crippen LogP contribution in [0.25, 0.3) is 21.9 Å². The Hall–Kier alpha value is -2.75. The van der Waals surface area contributed by atoms with E-state index in [1.807, 2.05) is 17.6 Å². The summed E-state index contributed by atoms with van der Waals surface area (Å²) in [5.41, 5.74) is 1.65. The van der Waals surface area contributed by atoms with E-state index in [2.05, 4.69) is 33.8 Å². The molecule has 0 radical (unpaired) electrons. The summed E-state index contributed by atoms with van der Waals surface area (Å²) >= 11 is 1.25. The molecule has 29 heavy (non-hydrogen) atoms. The number of imidazole rings is 2. The first-order valence-corrected chi connectivity index (χ1v) is 10.0. The topological polar surface area (TPSA) is 61.4 Å². The van der Waals surface area contributed by atoms with Crippen molar-refractivity contribution in [1.82, 2.24) is 29.1 Å². The summed E-state index contributed by atoms with van der Waals surface area (Å²) in [7, 11) is 0. The molecule has 0 amide bonds. The molecule has 4 heterocycles. The van der Waals surface area contributed by atoms with E-state index in [0.717, 1.165) is 22.9 Å². The number of thiazole rings is 1. The minimum Gasteiger partial charge on any atom is -0.327 e. The van der Waals surface area contributed by atoms with Gasteiger partial charge in [0.25, 0.3) is 0 Å². The number of alkyl halides is 3. The second-order valence-electron chi connectivity index (χ2n) is 6.94. The number of aryl methyl sites for hydroxylation is 1. The van der Waals surface area contributed by atoms with E-state index in [9.17, 15) is 13.2 Å². The summed E-state index contributed by atoms with van der Waals surface area (Å²) < 4.78 is 43.3. The van der Waals surface area contributed by atoms with Gasteiger partial charge in [-0.15, -0.1) is 11.3 Å². The minimum atomic E-state index is -4.53. The number of hydrogen-bond acceptors (Lipinski definition) is 5. The summed E-state index contributed by atoms with van der Waals surface area (Å²) in [5, 5.41) is 2.14. The zero-order valence-electron chi connectivity index (χ0n) is 16.1. The maximum atomic E-state index is 13.3. The molecule has 0 fully saturated rings. The van der Waals surface area contributed by atoms with Crippen LogP contribution in [0.15, 0.2) is 30.0 Å². The molecule has 0 spiro atoms. The molecule has 0 aliphatic rings. The average Bonchev–Trinajstić information content (AvgIpc) is 3.38. The summed E-state index contributed by atoms with van der Waals surface area (Å²) in [6.45, 7) is 6.90. The lowest BCUT2D eigenvalue weighted by molar-refractivity contribution is -0.140. The summed E-state index contributed by atoms with van der Waals surface area (Å²) in [4.78, 5) is 17.0. The van der Waals surface area contributed by atoms with Gasteiger partial charge < -0.3 is 9.13 Å². The van der Waals surface area contributed by atoms with E-state index in [-0.39, 0.29) is 18.3 Å². The van der Waals surface area contributed by atoms with Crippen LogP contribution in [0.3, 0.4) is 0 Å². The first kappa shape index (κ1) is 19.6. The lowest BCUT2D eigenvalue weighted by atomic mass is 10.1. The van der Waals surface area contributed by atoms with Crippen LogP contribution in [-0.2, 0) is 19.3 Å². The van der Waals surface area contributed by atoms with E-state index < -0.39 is 11.9 Å². The van der Waals surface area contributed by atoms with Crippen LogP contribution in [0.1, 0.15) is 43.9 Å². The van der Waals surface area contributed by atoms with Crippen LogP contribution in [-0.4, -0.2) is 29.1 Å². The molecule has 0 bridgehead atoms. The fraction of sp³-hybridized carbons (Fsp3) is 0.368. The molecule has 0 unspecified atom stereocenters. The van der Waals surface area contributed by atoms with Gasteiger partial charge in [0.2, 0.25) is 0 Å². The molecule has 0 N–H and O–H groups in total. The third-order valence-electron chi connectivity index (χ3n) is 4.64. The SMILES string of the molecule is CCn1c(Cn2cc(C(F)(F)F)nc2-c2nccs2)nc2cnc(C(C)C)cc21. The van der Waals surface area contributed by atoms with E-state index in [4.69, 9.17) is 0 Å². The summed E-state index contributed by atoms with van der Waals surface area (Å²) in [6, 6.07) is 2.00. The zero-order valence-corrected chi connectivity index (χ0v) is 16.9. The van der Waals surface area contributed by atoms with Crippen LogP contribution >= 0.6 is 11.3 Å². The molecule has 0 atom stereocenters. The Morgan fingerprint density at radius 3 is 2.59 bits per heavy atom. The van der Waals surface area contributed by atoms with Gasteiger partial charge in [0, 0.05) is 30.0 Å². The van der Waals surface area contributed by atoms with Gasteiger partial charge in [0.05, 0.1) is 18.3 Å². The Morgan fingerprint density at radius 1 is 1.17 bits per heavy atom. The fourth-order valence-electron chi connectivity index (χ4n) is 3.21. The molecule has 6 nitrogen and oxygen atoms in total. The number of nitrogens with zero attached hydrogens (tertiary/aromatic N) is 6. The van der Waals surface area contributed by atoms with Crippen molar-refractivity contribution in [3.8, 4) is 10.8 Å². The van der Waals surface area contributed by atoms with Gasteiger partial charge in [-0.25, -0.2) is 15.0 Å². The molecule has 152 valence electrons. The third-order valence-corrected chi connectivity index (χ3v) is 5.41. The Labute approximate surface area is 169 Å². The molecule has 4 aromatic rings. The maximum absolute atomic E-state index is 13.3. The Balaban J connectivity index is 1.81. The molecule has 0 aliphatic heterocycles. The normalized spacial score (nSPS) is 12.4. The van der Waals surface area contributed by atoms with Gasteiger partial charge in [0.1, 0.15) is 11.3 Å². The predicted molar refractivity (Wildman–Crippen MR) is 105 cm³/mol. The van der Waals surface area contributed by atoms with Crippen molar-refractivity contribution in [1.29, 1.82) is 0 Å². The molecular formula is C19H19F3N6S. The second kappa shape index (κ2) is 7.25. The van der Waals surface area contributed by atoms with Gasteiger partial charge in [-0.1, -0.05) is 13.8 Å². The lowest BCUT2D eigenvalue weighted by Crippen LogP contribution is -2.09. The van der Waals surface area contributed by atoms with E-state index in [1.165, 1.54) is 15.9 Å². The van der Waals surface area contributed by atoms with Gasteiger partial charge in [-0.3, -0.25) is 4.98 Å². The van der Waals surface area contributed by atoms with Crippen LogP contribution in [0.2, 0.25) is 0 Å². The minimum absolute atomic E-state index is 0.150. The first-order valence-electron chi connectivity index (χ1n) is 9.17. The summed E-state index contributed by atoms with van der Waals surface area (Å²) in [5.74, 6) is 1.10. The fourth-order valence-corrected chi connectivity index (χ4v) is 3.85. The zero-order chi connectivity index (χ0) is 20.8. The molecule has 4 rings (SSSR count). The number of fused-ring (bicyclic) bond motifs is 1. The van der Waals surface area contributed by atoms with Crippen molar-refractivity contribution in [2.75, 3.05) is 0 Å². The highest BCUT2D eigenvalue weighted by Crippen LogP contribution is 2.32. The van der Waals surface area contributed by atoms with Crippen LogP contribution < -0.4 is 0 Å². The largest absolute Gasteiger partial charge is 0.434 e. The summed E-state index contributed by atoms with van der Waals surface area (Å²) in [6.07, 6.45) is -0.240. The second-order valence-corrected chi connectivity index (χ2v) is 7.83. The highest BCUT2D eigenvalue weighted by Gasteiger charge is 2.35. The smallest absolute Gasteiger partial charge is 0.327 e. The molecule has 0 aromatic carbocycles. The van der Waals surface area contributed by atoms with Crippen molar-refractivity contribution in [3.63, 3.8) is 0 Å². The maximum Gasteiger partial charge on any atom is 0.434 e. The van der Waals surface area contributed by atoms with Gasteiger partial charge in [-0.2, -0.15) is 13.2 Å².